The third-order valence-electron chi connectivity index (χ3n) is 7.07. The molecule has 182 valence electrons. The van der Waals surface area contributed by atoms with Gasteiger partial charge in [-0.1, -0.05) is 23.2 Å². The maximum atomic E-state index is 13.1. The summed E-state index contributed by atoms with van der Waals surface area (Å²) in [6.07, 6.45) is 2.07. The minimum atomic E-state index is -3.39. The average Bonchev–Trinajstić information content (AvgIpc) is 3.28. The molecule has 0 spiro atoms. The Kier molecular flexibility index (Phi) is 7.16. The normalized spacial score (nSPS) is 14.2. The number of rotatable bonds is 9. The first-order chi connectivity index (χ1) is 16.0. The van der Waals surface area contributed by atoms with Crippen molar-refractivity contribution in [1.82, 2.24) is 0 Å². The van der Waals surface area contributed by atoms with E-state index in [4.69, 9.17) is 11.6 Å². The van der Waals surface area contributed by atoms with Crippen LogP contribution in [-0.4, -0.2) is 52.4 Å². The largest absolute Gasteiger partial charge is 0.384 e. The van der Waals surface area contributed by atoms with E-state index in [-0.39, 0.29) is 5.75 Å². The van der Waals surface area contributed by atoms with Crippen molar-refractivity contribution in [2.45, 2.75) is 37.8 Å². The minimum absolute atomic E-state index is 0.0510. The predicted octanol–water partition coefficient (Wildman–Crippen LogP) is 6.56. The second-order valence-electron chi connectivity index (χ2n) is 9.93. The van der Waals surface area contributed by atoms with Crippen LogP contribution in [0.25, 0.3) is 15.7 Å². The standard InChI is InChI=1S/C27H34ClN2O2S2/c1-6-30(4,5)13-11-23-18(2)15-20-7-9-22(17-25(20)23)29-12-14-34(31,32)27-19(3)24-16-21(28)8-10-26(24)33-27/h7-10,16-17,29H,6,11-15H2,1-5H3/q+1. The number of hydrogen-bond donors (Lipinski definition) is 1. The topological polar surface area (TPSA) is 46.2 Å². The number of allylic oxidation sites excluding steroid dienone is 1. The van der Waals surface area contributed by atoms with Gasteiger partial charge < -0.3 is 9.80 Å². The van der Waals surface area contributed by atoms with Crippen LogP contribution < -0.4 is 5.32 Å². The van der Waals surface area contributed by atoms with E-state index in [0.29, 0.717) is 15.8 Å². The van der Waals surface area contributed by atoms with E-state index in [2.05, 4.69) is 51.5 Å². The Morgan fingerprint density at radius 1 is 1.12 bits per heavy atom. The molecule has 1 aliphatic carbocycles. The Labute approximate surface area is 212 Å². The molecule has 0 radical (unpaired) electrons. The summed E-state index contributed by atoms with van der Waals surface area (Å²) in [6.45, 7) is 8.93. The number of quaternary nitrogens is 1. The van der Waals surface area contributed by atoms with Gasteiger partial charge in [0.15, 0.2) is 9.84 Å². The summed E-state index contributed by atoms with van der Waals surface area (Å²) < 4.78 is 28.6. The molecule has 0 fully saturated rings. The first-order valence-electron chi connectivity index (χ1n) is 11.8. The lowest BCUT2D eigenvalue weighted by Gasteiger charge is -2.28. The zero-order valence-electron chi connectivity index (χ0n) is 20.7. The second kappa shape index (κ2) is 9.65. The molecule has 1 aliphatic rings. The summed E-state index contributed by atoms with van der Waals surface area (Å²) in [5.74, 6) is 0.0510. The summed E-state index contributed by atoms with van der Waals surface area (Å²) in [7, 11) is 1.16. The molecule has 0 bridgehead atoms. The van der Waals surface area contributed by atoms with Crippen LogP contribution in [0.5, 0.6) is 0 Å². The lowest BCUT2D eigenvalue weighted by molar-refractivity contribution is -0.887. The van der Waals surface area contributed by atoms with Crippen LogP contribution in [0.4, 0.5) is 5.69 Å². The Hall–Kier alpha value is -1.86. The van der Waals surface area contributed by atoms with Crippen molar-refractivity contribution < 1.29 is 12.9 Å². The quantitative estimate of drug-likeness (QED) is 0.327. The first-order valence-corrected chi connectivity index (χ1v) is 14.6. The van der Waals surface area contributed by atoms with Crippen molar-refractivity contribution in [1.29, 1.82) is 0 Å². The number of fused-ring (bicyclic) bond motifs is 2. The number of hydrogen-bond acceptors (Lipinski definition) is 4. The molecular formula is C27H34ClN2O2S2+. The van der Waals surface area contributed by atoms with E-state index in [1.165, 1.54) is 33.6 Å². The maximum Gasteiger partial charge on any atom is 0.189 e. The molecule has 2 aromatic carbocycles. The van der Waals surface area contributed by atoms with Crippen molar-refractivity contribution >= 4 is 54.1 Å². The Morgan fingerprint density at radius 3 is 2.62 bits per heavy atom. The Morgan fingerprint density at radius 2 is 1.88 bits per heavy atom. The molecule has 4 rings (SSSR count). The van der Waals surface area contributed by atoms with Crippen LogP contribution >= 0.6 is 22.9 Å². The molecule has 0 unspecified atom stereocenters. The van der Waals surface area contributed by atoms with Gasteiger partial charge in [0.05, 0.1) is 32.9 Å². The minimum Gasteiger partial charge on any atom is -0.384 e. The van der Waals surface area contributed by atoms with Gasteiger partial charge in [-0.15, -0.1) is 11.3 Å². The average molecular weight is 518 g/mol. The number of nitrogens with zero attached hydrogens (tertiary/aromatic N) is 1. The summed E-state index contributed by atoms with van der Waals surface area (Å²) in [6, 6.07) is 12.0. The Balaban J connectivity index is 1.46. The molecular weight excluding hydrogens is 484 g/mol. The molecule has 0 aliphatic heterocycles. The lowest BCUT2D eigenvalue weighted by Crippen LogP contribution is -2.40. The summed E-state index contributed by atoms with van der Waals surface area (Å²) >= 11 is 7.45. The number of benzene rings is 2. The van der Waals surface area contributed by atoms with Crippen molar-refractivity contribution in [3.05, 3.63) is 63.7 Å². The predicted molar refractivity (Wildman–Crippen MR) is 147 cm³/mol. The van der Waals surface area contributed by atoms with E-state index >= 15 is 0 Å². The smallest absolute Gasteiger partial charge is 0.189 e. The zero-order valence-corrected chi connectivity index (χ0v) is 23.1. The molecule has 1 aromatic heterocycles. The molecule has 34 heavy (non-hydrogen) atoms. The highest BCUT2D eigenvalue weighted by molar-refractivity contribution is 7.93. The van der Waals surface area contributed by atoms with E-state index in [9.17, 15) is 8.42 Å². The number of thiophene rings is 1. The third kappa shape index (κ3) is 5.20. The fraction of sp³-hybridized carbons (Fsp3) is 0.407. The van der Waals surface area contributed by atoms with Gasteiger partial charge in [-0.3, -0.25) is 0 Å². The van der Waals surface area contributed by atoms with Crippen LogP contribution in [0, 0.1) is 6.92 Å². The van der Waals surface area contributed by atoms with Gasteiger partial charge in [0, 0.05) is 28.4 Å². The second-order valence-corrected chi connectivity index (χ2v) is 13.7. The fourth-order valence-electron chi connectivity index (χ4n) is 4.55. The van der Waals surface area contributed by atoms with Gasteiger partial charge in [-0.05, 0) is 85.2 Å². The summed E-state index contributed by atoms with van der Waals surface area (Å²) in [5, 5.41) is 4.90. The Bertz CT molecular complexity index is 1370. The maximum absolute atomic E-state index is 13.1. The molecule has 3 aromatic rings. The van der Waals surface area contributed by atoms with Crippen molar-refractivity contribution in [2.24, 2.45) is 0 Å². The summed E-state index contributed by atoms with van der Waals surface area (Å²) in [4.78, 5) is 0. The highest BCUT2D eigenvalue weighted by atomic mass is 35.5. The van der Waals surface area contributed by atoms with Gasteiger partial charge in [0.2, 0.25) is 0 Å². The van der Waals surface area contributed by atoms with Crippen LogP contribution in [0.1, 0.15) is 37.0 Å². The van der Waals surface area contributed by atoms with Gasteiger partial charge in [0.25, 0.3) is 0 Å². The monoisotopic (exact) mass is 517 g/mol. The molecule has 0 saturated carbocycles. The SMILES string of the molecule is CC[N+](C)(C)CCC1=C(C)Cc2ccc(NCCS(=O)(=O)c3sc4ccc(Cl)cc4c3C)cc21. The molecule has 0 saturated heterocycles. The summed E-state index contributed by atoms with van der Waals surface area (Å²) in [5.41, 5.74) is 7.35. The molecule has 0 atom stereocenters. The lowest BCUT2D eigenvalue weighted by atomic mass is 10.0. The highest BCUT2D eigenvalue weighted by Crippen LogP contribution is 2.38. The van der Waals surface area contributed by atoms with E-state index in [1.54, 1.807) is 6.07 Å². The van der Waals surface area contributed by atoms with Gasteiger partial charge in [-0.2, -0.15) is 0 Å². The van der Waals surface area contributed by atoms with Crippen molar-refractivity contribution in [3.8, 4) is 0 Å². The van der Waals surface area contributed by atoms with Crippen LogP contribution in [0.15, 0.2) is 46.2 Å². The number of anilines is 1. The van der Waals surface area contributed by atoms with E-state index < -0.39 is 9.84 Å². The zero-order chi connectivity index (χ0) is 24.7. The number of aryl methyl sites for hydroxylation is 1. The fourth-order valence-corrected chi connectivity index (χ4v) is 7.81. The van der Waals surface area contributed by atoms with E-state index in [0.717, 1.165) is 51.8 Å². The highest BCUT2D eigenvalue weighted by Gasteiger charge is 2.24. The van der Waals surface area contributed by atoms with Gasteiger partial charge >= 0.3 is 0 Å². The number of nitrogens with one attached hydrogen (secondary N) is 1. The van der Waals surface area contributed by atoms with Crippen LogP contribution in [0.2, 0.25) is 5.02 Å². The van der Waals surface area contributed by atoms with Crippen LogP contribution in [-0.2, 0) is 16.3 Å². The number of halogens is 1. The molecule has 1 N–H and O–H groups in total. The van der Waals surface area contributed by atoms with E-state index in [1.807, 2.05) is 19.1 Å². The molecule has 0 amide bonds. The first kappa shape index (κ1) is 25.2. The van der Waals surface area contributed by atoms with Gasteiger partial charge in [0.1, 0.15) is 4.21 Å². The molecule has 7 heteroatoms. The van der Waals surface area contributed by atoms with Gasteiger partial charge in [-0.25, -0.2) is 8.42 Å². The van der Waals surface area contributed by atoms with Crippen molar-refractivity contribution in [2.75, 3.05) is 44.8 Å². The van der Waals surface area contributed by atoms with Crippen LogP contribution in [0.3, 0.4) is 0 Å². The third-order valence-corrected chi connectivity index (χ3v) is 11.0. The van der Waals surface area contributed by atoms with Crippen molar-refractivity contribution in [3.63, 3.8) is 0 Å². The molecule has 1 heterocycles. The number of sulfone groups is 1. The molecule has 4 nitrogen and oxygen atoms in total.